The Balaban J connectivity index is 2.23. The smallest absolute Gasteiger partial charge is 0.243 e. The molecule has 1 aromatic heterocycles. The lowest BCUT2D eigenvalue weighted by molar-refractivity contribution is 0.252. The molecule has 0 radical (unpaired) electrons. The molecule has 0 saturated carbocycles. The van der Waals surface area contributed by atoms with Crippen molar-refractivity contribution in [2.24, 2.45) is 17.2 Å². The summed E-state index contributed by atoms with van der Waals surface area (Å²) in [6.45, 7) is 7.58. The number of nitrogen functional groups attached to an aromatic ring is 1. The summed E-state index contributed by atoms with van der Waals surface area (Å²) in [5.41, 5.74) is 2.49. The summed E-state index contributed by atoms with van der Waals surface area (Å²) in [5.74, 6) is 6.00. The molecule has 2 rings (SSSR count). The van der Waals surface area contributed by atoms with Crippen LogP contribution in [-0.4, -0.2) is 30.8 Å². The zero-order chi connectivity index (χ0) is 15.0. The van der Waals surface area contributed by atoms with Crippen LogP contribution in [0.1, 0.15) is 27.2 Å². The van der Waals surface area contributed by atoms with Gasteiger partial charge in [0, 0.05) is 25.4 Å². The summed E-state index contributed by atoms with van der Waals surface area (Å²) in [4.78, 5) is 4.16. The molecular weight excluding hydrogens is 276 g/mol. The molecule has 0 amide bonds. The molecule has 0 aliphatic carbocycles. The van der Waals surface area contributed by atoms with Gasteiger partial charge in [0.25, 0.3) is 0 Å². The van der Waals surface area contributed by atoms with Gasteiger partial charge in [0.05, 0.1) is 4.90 Å². The largest absolute Gasteiger partial charge is 0.308 e. The van der Waals surface area contributed by atoms with Crippen LogP contribution < -0.4 is 11.3 Å². The zero-order valence-electron chi connectivity index (χ0n) is 12.1. The Kier molecular flexibility index (Phi) is 4.04. The minimum absolute atomic E-state index is 0.118. The number of aromatic nitrogens is 1. The number of pyridine rings is 1. The zero-order valence-corrected chi connectivity index (χ0v) is 12.9. The van der Waals surface area contributed by atoms with Crippen LogP contribution in [0.15, 0.2) is 23.2 Å². The molecule has 1 aliphatic rings. The van der Waals surface area contributed by atoms with Gasteiger partial charge in [0.1, 0.15) is 5.82 Å². The van der Waals surface area contributed by atoms with Crippen LogP contribution in [0.2, 0.25) is 0 Å². The van der Waals surface area contributed by atoms with Crippen LogP contribution >= 0.6 is 0 Å². The van der Waals surface area contributed by atoms with Crippen molar-refractivity contribution in [3.05, 3.63) is 18.3 Å². The van der Waals surface area contributed by atoms with Crippen molar-refractivity contribution in [3.8, 4) is 0 Å². The second-order valence-corrected chi connectivity index (χ2v) is 8.17. The van der Waals surface area contributed by atoms with Crippen LogP contribution in [0.25, 0.3) is 0 Å². The number of nitrogens with one attached hydrogen (secondary N) is 1. The Labute approximate surface area is 120 Å². The molecule has 112 valence electrons. The maximum Gasteiger partial charge on any atom is 0.243 e. The second-order valence-electron chi connectivity index (χ2n) is 6.24. The summed E-state index contributed by atoms with van der Waals surface area (Å²) in [7, 11) is -3.47. The third-order valence-corrected chi connectivity index (χ3v) is 5.75. The molecule has 1 atom stereocenters. The molecule has 1 unspecified atom stereocenters. The molecule has 1 saturated heterocycles. The number of hydrogen-bond acceptors (Lipinski definition) is 5. The van der Waals surface area contributed by atoms with Gasteiger partial charge in [0.15, 0.2) is 0 Å². The number of rotatable bonds is 3. The van der Waals surface area contributed by atoms with Crippen molar-refractivity contribution in [1.82, 2.24) is 9.29 Å². The van der Waals surface area contributed by atoms with Crippen molar-refractivity contribution in [2.75, 3.05) is 18.5 Å². The minimum atomic E-state index is -3.47. The molecular formula is C13H22N4O2S. The van der Waals surface area contributed by atoms with E-state index in [0.717, 1.165) is 6.42 Å². The molecule has 0 spiro atoms. The maximum atomic E-state index is 12.6. The van der Waals surface area contributed by atoms with Gasteiger partial charge in [-0.05, 0) is 23.8 Å². The molecule has 20 heavy (non-hydrogen) atoms. The highest BCUT2D eigenvalue weighted by Crippen LogP contribution is 2.35. The van der Waals surface area contributed by atoms with Crippen molar-refractivity contribution < 1.29 is 8.42 Å². The number of nitrogens with zero attached hydrogens (tertiary/aromatic N) is 2. The van der Waals surface area contributed by atoms with E-state index >= 15 is 0 Å². The van der Waals surface area contributed by atoms with E-state index < -0.39 is 10.0 Å². The molecule has 0 bridgehead atoms. The van der Waals surface area contributed by atoms with Crippen LogP contribution in [0.4, 0.5) is 5.82 Å². The predicted octanol–water partition coefficient (Wildman–Crippen LogP) is 1.42. The van der Waals surface area contributed by atoms with E-state index in [9.17, 15) is 8.42 Å². The fourth-order valence-electron chi connectivity index (χ4n) is 2.45. The molecule has 1 fully saturated rings. The Morgan fingerprint density at radius 1 is 1.45 bits per heavy atom. The number of anilines is 1. The Morgan fingerprint density at radius 2 is 2.15 bits per heavy atom. The lowest BCUT2D eigenvalue weighted by Crippen LogP contribution is -2.31. The normalized spacial score (nSPS) is 21.1. The van der Waals surface area contributed by atoms with Gasteiger partial charge in [-0.1, -0.05) is 20.8 Å². The average molecular weight is 298 g/mol. The van der Waals surface area contributed by atoms with Crippen molar-refractivity contribution >= 4 is 15.8 Å². The van der Waals surface area contributed by atoms with E-state index in [1.165, 1.54) is 18.3 Å². The van der Waals surface area contributed by atoms with E-state index in [-0.39, 0.29) is 10.3 Å². The molecule has 0 aromatic carbocycles. The summed E-state index contributed by atoms with van der Waals surface area (Å²) >= 11 is 0. The quantitative estimate of drug-likeness (QED) is 0.651. The second kappa shape index (κ2) is 5.31. The summed E-state index contributed by atoms with van der Waals surface area (Å²) in [6, 6.07) is 2.96. The van der Waals surface area contributed by atoms with Crippen molar-refractivity contribution in [2.45, 2.75) is 32.1 Å². The van der Waals surface area contributed by atoms with Gasteiger partial charge in [-0.25, -0.2) is 19.2 Å². The first-order valence-corrected chi connectivity index (χ1v) is 8.12. The first-order valence-electron chi connectivity index (χ1n) is 6.68. The van der Waals surface area contributed by atoms with Crippen molar-refractivity contribution in [1.29, 1.82) is 0 Å². The van der Waals surface area contributed by atoms with E-state index in [4.69, 9.17) is 5.84 Å². The molecule has 1 aromatic rings. The third-order valence-electron chi connectivity index (χ3n) is 3.89. The molecule has 6 nitrogen and oxygen atoms in total. The fourth-order valence-corrected chi connectivity index (χ4v) is 3.97. The van der Waals surface area contributed by atoms with E-state index in [2.05, 4.69) is 31.2 Å². The molecule has 3 N–H and O–H groups in total. The third kappa shape index (κ3) is 2.94. The fraction of sp³-hybridized carbons (Fsp3) is 0.615. The van der Waals surface area contributed by atoms with Crippen LogP contribution in [0, 0.1) is 11.3 Å². The molecule has 1 aliphatic heterocycles. The van der Waals surface area contributed by atoms with Gasteiger partial charge in [0.2, 0.25) is 10.0 Å². The lowest BCUT2D eigenvalue weighted by atomic mass is 9.80. The molecule has 2 heterocycles. The summed E-state index contributed by atoms with van der Waals surface area (Å²) in [6.07, 6.45) is 2.34. The van der Waals surface area contributed by atoms with Gasteiger partial charge < -0.3 is 5.43 Å². The highest BCUT2D eigenvalue weighted by atomic mass is 32.2. The summed E-state index contributed by atoms with van der Waals surface area (Å²) < 4.78 is 26.8. The molecule has 7 heteroatoms. The monoisotopic (exact) mass is 298 g/mol. The minimum Gasteiger partial charge on any atom is -0.308 e. The van der Waals surface area contributed by atoms with Crippen molar-refractivity contribution in [3.63, 3.8) is 0 Å². The van der Waals surface area contributed by atoms with E-state index in [1.54, 1.807) is 4.31 Å². The topological polar surface area (TPSA) is 88.3 Å². The van der Waals surface area contributed by atoms with E-state index in [1.807, 2.05) is 0 Å². The first kappa shape index (κ1) is 15.2. The first-order chi connectivity index (χ1) is 9.25. The van der Waals surface area contributed by atoms with E-state index in [0.29, 0.717) is 24.8 Å². The number of sulfonamides is 1. The van der Waals surface area contributed by atoms with Crippen LogP contribution in [0.3, 0.4) is 0 Å². The van der Waals surface area contributed by atoms with Crippen LogP contribution in [-0.2, 0) is 10.0 Å². The SMILES string of the molecule is CC(C)(C)C1CCN(S(=O)(=O)c2ccnc(NN)c2)C1. The Hall–Kier alpha value is -1.18. The predicted molar refractivity (Wildman–Crippen MR) is 78.4 cm³/mol. The summed E-state index contributed by atoms with van der Waals surface area (Å²) in [5, 5.41) is 0. The van der Waals surface area contributed by atoms with Gasteiger partial charge >= 0.3 is 0 Å². The Morgan fingerprint density at radius 3 is 2.70 bits per heavy atom. The van der Waals surface area contributed by atoms with Gasteiger partial charge in [-0.3, -0.25) is 0 Å². The van der Waals surface area contributed by atoms with Crippen LogP contribution in [0.5, 0.6) is 0 Å². The number of hydrogen-bond donors (Lipinski definition) is 2. The number of nitrogens with two attached hydrogens (primary N) is 1. The maximum absolute atomic E-state index is 12.6. The van der Waals surface area contributed by atoms with Gasteiger partial charge in [-0.2, -0.15) is 4.31 Å². The highest BCUT2D eigenvalue weighted by molar-refractivity contribution is 7.89. The number of hydrazine groups is 1. The van der Waals surface area contributed by atoms with Gasteiger partial charge in [-0.15, -0.1) is 0 Å². The highest BCUT2D eigenvalue weighted by Gasteiger charge is 2.37. The lowest BCUT2D eigenvalue weighted by Gasteiger charge is -2.26. The average Bonchev–Trinajstić information content (AvgIpc) is 2.89. The Bertz CT molecular complexity index is 580. The standard InChI is InChI=1S/C13H22N4O2S/c1-13(2,3)10-5-7-17(9-10)20(18,19)11-4-6-15-12(8-11)16-14/h4,6,8,10H,5,7,9,14H2,1-3H3,(H,15,16).